The first kappa shape index (κ1) is 13.6. The van der Waals surface area contributed by atoms with Gasteiger partial charge in [-0.05, 0) is 25.0 Å². The van der Waals surface area contributed by atoms with Gasteiger partial charge in [0.15, 0.2) is 0 Å². The molecule has 0 aliphatic carbocycles. The summed E-state index contributed by atoms with van der Waals surface area (Å²) in [6.45, 7) is 5.54. The van der Waals surface area contributed by atoms with Gasteiger partial charge in [-0.3, -0.25) is 4.79 Å². The smallest absolute Gasteiger partial charge is 0.251 e. The van der Waals surface area contributed by atoms with Gasteiger partial charge in [0.2, 0.25) is 0 Å². The summed E-state index contributed by atoms with van der Waals surface area (Å²) in [7, 11) is 0. The maximum atomic E-state index is 13.4. The maximum Gasteiger partial charge on any atom is 0.251 e. The average Bonchev–Trinajstić information content (AvgIpc) is 2.28. The molecule has 1 amide bonds. The second-order valence-electron chi connectivity index (χ2n) is 4.47. The SMILES string of the molecule is CC(C)C(C)NC(=O)c1ccc(CO)c(F)c1. The topological polar surface area (TPSA) is 49.3 Å². The molecular weight excluding hydrogens is 221 g/mol. The number of rotatable bonds is 4. The lowest BCUT2D eigenvalue weighted by Gasteiger charge is -2.17. The quantitative estimate of drug-likeness (QED) is 0.845. The van der Waals surface area contributed by atoms with Crippen LogP contribution in [0.25, 0.3) is 0 Å². The first-order valence-corrected chi connectivity index (χ1v) is 5.65. The molecule has 0 aliphatic rings. The van der Waals surface area contributed by atoms with E-state index in [1.807, 2.05) is 20.8 Å². The zero-order valence-corrected chi connectivity index (χ0v) is 10.3. The van der Waals surface area contributed by atoms with Crippen molar-refractivity contribution in [2.75, 3.05) is 0 Å². The molecule has 1 atom stereocenters. The molecule has 0 fully saturated rings. The van der Waals surface area contributed by atoms with E-state index in [0.29, 0.717) is 5.92 Å². The van der Waals surface area contributed by atoms with Crippen LogP contribution in [0.15, 0.2) is 18.2 Å². The number of aliphatic hydroxyl groups excluding tert-OH is 1. The lowest BCUT2D eigenvalue weighted by Crippen LogP contribution is -2.36. The van der Waals surface area contributed by atoms with Crippen molar-refractivity contribution in [2.45, 2.75) is 33.4 Å². The summed E-state index contributed by atoms with van der Waals surface area (Å²) >= 11 is 0. The van der Waals surface area contributed by atoms with Crippen LogP contribution in [-0.2, 0) is 6.61 Å². The van der Waals surface area contributed by atoms with Crippen molar-refractivity contribution in [3.05, 3.63) is 35.1 Å². The van der Waals surface area contributed by atoms with Gasteiger partial charge in [0.05, 0.1) is 6.61 Å². The van der Waals surface area contributed by atoms with Crippen molar-refractivity contribution in [2.24, 2.45) is 5.92 Å². The molecule has 0 aromatic heterocycles. The Morgan fingerprint density at radius 2 is 2.06 bits per heavy atom. The van der Waals surface area contributed by atoms with Crippen molar-refractivity contribution >= 4 is 5.91 Å². The minimum absolute atomic E-state index is 0.0306. The van der Waals surface area contributed by atoms with Crippen molar-refractivity contribution in [1.82, 2.24) is 5.32 Å². The lowest BCUT2D eigenvalue weighted by molar-refractivity contribution is 0.0930. The summed E-state index contributed by atoms with van der Waals surface area (Å²) in [5.74, 6) is -0.535. The molecule has 0 aliphatic heterocycles. The molecule has 0 radical (unpaired) electrons. The van der Waals surface area contributed by atoms with Gasteiger partial charge in [-0.1, -0.05) is 19.9 Å². The third kappa shape index (κ3) is 3.53. The Hall–Kier alpha value is -1.42. The minimum Gasteiger partial charge on any atom is -0.392 e. The first-order valence-electron chi connectivity index (χ1n) is 5.65. The highest BCUT2D eigenvalue weighted by atomic mass is 19.1. The molecule has 1 rings (SSSR count). The van der Waals surface area contributed by atoms with Crippen LogP contribution in [0.1, 0.15) is 36.7 Å². The molecule has 17 heavy (non-hydrogen) atoms. The van der Waals surface area contributed by atoms with Gasteiger partial charge in [0.1, 0.15) is 5.82 Å². The maximum absolute atomic E-state index is 13.4. The predicted molar refractivity (Wildman–Crippen MR) is 64.1 cm³/mol. The molecule has 0 saturated carbocycles. The third-order valence-corrected chi connectivity index (χ3v) is 2.84. The number of nitrogens with one attached hydrogen (secondary N) is 1. The lowest BCUT2D eigenvalue weighted by atomic mass is 10.1. The van der Waals surface area contributed by atoms with Gasteiger partial charge in [0.25, 0.3) is 5.91 Å². The number of hydrogen-bond acceptors (Lipinski definition) is 2. The van der Waals surface area contributed by atoms with E-state index in [1.165, 1.54) is 12.1 Å². The zero-order valence-electron chi connectivity index (χ0n) is 10.3. The van der Waals surface area contributed by atoms with Gasteiger partial charge in [-0.15, -0.1) is 0 Å². The van der Waals surface area contributed by atoms with Crippen LogP contribution in [0.4, 0.5) is 4.39 Å². The molecule has 0 saturated heterocycles. The Balaban J connectivity index is 2.80. The van der Waals surface area contributed by atoms with E-state index >= 15 is 0 Å². The molecule has 0 heterocycles. The summed E-state index contributed by atoms with van der Waals surface area (Å²) in [6, 6.07) is 4.11. The molecule has 1 unspecified atom stereocenters. The van der Waals surface area contributed by atoms with Crippen LogP contribution in [0.2, 0.25) is 0 Å². The Morgan fingerprint density at radius 3 is 2.53 bits per heavy atom. The predicted octanol–water partition coefficient (Wildman–Crippen LogP) is 2.09. The zero-order chi connectivity index (χ0) is 13.0. The molecule has 1 aromatic carbocycles. The van der Waals surface area contributed by atoms with Crippen molar-refractivity contribution in [3.8, 4) is 0 Å². The van der Waals surface area contributed by atoms with Gasteiger partial charge < -0.3 is 10.4 Å². The highest BCUT2D eigenvalue weighted by Gasteiger charge is 2.13. The summed E-state index contributed by atoms with van der Waals surface area (Å²) < 4.78 is 13.4. The molecule has 0 spiro atoms. The van der Waals surface area contributed by atoms with Crippen LogP contribution in [0, 0.1) is 11.7 Å². The molecule has 94 valence electrons. The normalized spacial score (nSPS) is 12.6. The fourth-order valence-corrected chi connectivity index (χ4v) is 1.27. The van der Waals surface area contributed by atoms with E-state index < -0.39 is 5.82 Å². The summed E-state index contributed by atoms with van der Waals surface area (Å²) in [5.41, 5.74) is 0.464. The Morgan fingerprint density at radius 1 is 1.41 bits per heavy atom. The molecule has 0 bridgehead atoms. The molecule has 3 nitrogen and oxygen atoms in total. The van der Waals surface area contributed by atoms with E-state index in [9.17, 15) is 9.18 Å². The minimum atomic E-state index is -0.558. The van der Waals surface area contributed by atoms with Gasteiger partial charge >= 0.3 is 0 Å². The van der Waals surface area contributed by atoms with E-state index in [1.54, 1.807) is 0 Å². The number of hydrogen-bond donors (Lipinski definition) is 2. The monoisotopic (exact) mass is 239 g/mol. The van der Waals surface area contributed by atoms with Crippen LogP contribution in [0.5, 0.6) is 0 Å². The Kier molecular flexibility index (Phi) is 4.63. The number of carbonyl (C=O) groups is 1. The van der Waals surface area contributed by atoms with Crippen LogP contribution < -0.4 is 5.32 Å². The highest BCUT2D eigenvalue weighted by molar-refractivity contribution is 5.94. The standard InChI is InChI=1S/C13H18FNO2/c1-8(2)9(3)15-13(17)10-4-5-11(7-16)12(14)6-10/h4-6,8-9,16H,7H2,1-3H3,(H,15,17). The van der Waals surface area contributed by atoms with Gasteiger partial charge in [0, 0.05) is 17.2 Å². The van der Waals surface area contributed by atoms with Crippen LogP contribution >= 0.6 is 0 Å². The van der Waals surface area contributed by atoms with Gasteiger partial charge in [-0.2, -0.15) is 0 Å². The van der Waals surface area contributed by atoms with E-state index in [-0.39, 0.29) is 29.7 Å². The fourth-order valence-electron chi connectivity index (χ4n) is 1.27. The molecule has 2 N–H and O–H groups in total. The van der Waals surface area contributed by atoms with Crippen LogP contribution in [0.3, 0.4) is 0 Å². The number of amides is 1. The Labute approximate surface area is 101 Å². The number of aliphatic hydroxyl groups is 1. The fraction of sp³-hybridized carbons (Fsp3) is 0.462. The van der Waals surface area contributed by atoms with Crippen molar-refractivity contribution < 1.29 is 14.3 Å². The van der Waals surface area contributed by atoms with E-state index in [0.717, 1.165) is 6.07 Å². The van der Waals surface area contributed by atoms with Crippen molar-refractivity contribution in [1.29, 1.82) is 0 Å². The Bertz CT molecular complexity index is 404. The molecule has 4 heteroatoms. The first-order chi connectivity index (χ1) is 7.95. The number of benzene rings is 1. The van der Waals surface area contributed by atoms with Crippen molar-refractivity contribution in [3.63, 3.8) is 0 Å². The largest absolute Gasteiger partial charge is 0.392 e. The molecule has 1 aromatic rings. The summed E-state index contributed by atoms with van der Waals surface area (Å²) in [6.07, 6.45) is 0. The average molecular weight is 239 g/mol. The van der Waals surface area contributed by atoms with E-state index in [4.69, 9.17) is 5.11 Å². The number of halogens is 1. The second-order valence-corrected chi connectivity index (χ2v) is 4.47. The summed E-state index contributed by atoms with van der Waals surface area (Å²) in [4.78, 5) is 11.8. The highest BCUT2D eigenvalue weighted by Crippen LogP contribution is 2.11. The van der Waals surface area contributed by atoms with E-state index in [2.05, 4.69) is 5.32 Å². The third-order valence-electron chi connectivity index (χ3n) is 2.84. The van der Waals surface area contributed by atoms with Gasteiger partial charge in [-0.25, -0.2) is 4.39 Å². The van der Waals surface area contributed by atoms with Crippen LogP contribution in [-0.4, -0.2) is 17.1 Å². The summed E-state index contributed by atoms with van der Waals surface area (Å²) in [5, 5.41) is 11.6. The second kappa shape index (κ2) is 5.77. The number of carbonyl (C=O) groups excluding carboxylic acids is 1. The molecular formula is C13H18FNO2.